The van der Waals surface area contributed by atoms with Crippen molar-refractivity contribution >= 4 is 17.7 Å². The minimum Gasteiger partial charge on any atom is -0.496 e. The lowest BCUT2D eigenvalue weighted by atomic mass is 10.2. The van der Waals surface area contributed by atoms with Gasteiger partial charge in [-0.3, -0.25) is 0 Å². The molecule has 1 rings (SSSR count). The molecule has 1 amide bonds. The summed E-state index contributed by atoms with van der Waals surface area (Å²) in [7, 11) is 1.63. The van der Waals surface area contributed by atoms with Crippen LogP contribution in [0.25, 0.3) is 0 Å². The van der Waals surface area contributed by atoms with Gasteiger partial charge in [0.15, 0.2) is 0 Å². The van der Waals surface area contributed by atoms with Crippen molar-refractivity contribution in [2.75, 3.05) is 26.7 Å². The van der Waals surface area contributed by atoms with Crippen molar-refractivity contribution in [3.8, 4) is 5.75 Å². The van der Waals surface area contributed by atoms with Gasteiger partial charge in [0.25, 0.3) is 0 Å². The summed E-state index contributed by atoms with van der Waals surface area (Å²) in [5.74, 6) is 0.777. The molecule has 0 bridgehead atoms. The Morgan fingerprint density at radius 3 is 2.62 bits per heavy atom. The van der Waals surface area contributed by atoms with Crippen molar-refractivity contribution in [1.29, 1.82) is 0 Å². The summed E-state index contributed by atoms with van der Waals surface area (Å²) >= 11 is 6.21. The first-order valence-corrected chi connectivity index (χ1v) is 8.66. The average molecular weight is 357 g/mol. The van der Waals surface area contributed by atoms with E-state index in [-0.39, 0.29) is 6.09 Å². The first-order chi connectivity index (χ1) is 11.3. The number of benzene rings is 1. The second-order valence-electron chi connectivity index (χ2n) is 6.51. The Bertz CT molecular complexity index is 529. The molecule has 0 saturated heterocycles. The summed E-state index contributed by atoms with van der Waals surface area (Å²) in [5.41, 5.74) is 0.477. The number of halogens is 1. The van der Waals surface area contributed by atoms with E-state index in [1.54, 1.807) is 12.0 Å². The molecule has 0 radical (unpaired) electrons. The number of amides is 1. The van der Waals surface area contributed by atoms with Crippen LogP contribution in [0.15, 0.2) is 18.2 Å². The van der Waals surface area contributed by atoms with Crippen LogP contribution in [0.3, 0.4) is 0 Å². The fourth-order valence-electron chi connectivity index (χ4n) is 2.21. The van der Waals surface area contributed by atoms with Crippen LogP contribution >= 0.6 is 11.6 Å². The van der Waals surface area contributed by atoms with Crippen molar-refractivity contribution in [3.63, 3.8) is 0 Å². The highest BCUT2D eigenvalue weighted by molar-refractivity contribution is 6.31. The molecule has 0 unspecified atom stereocenters. The molecule has 0 aliphatic carbocycles. The molecule has 0 spiro atoms. The Morgan fingerprint density at radius 1 is 1.33 bits per heavy atom. The van der Waals surface area contributed by atoms with E-state index in [4.69, 9.17) is 21.1 Å². The lowest BCUT2D eigenvalue weighted by Gasteiger charge is -2.26. The largest absolute Gasteiger partial charge is 0.496 e. The molecule has 0 aromatic heterocycles. The Labute approximate surface area is 150 Å². The Kier molecular flexibility index (Phi) is 8.36. The Hall–Kier alpha value is -1.46. The van der Waals surface area contributed by atoms with Crippen molar-refractivity contribution in [3.05, 3.63) is 28.8 Å². The number of carbonyl (C=O) groups is 1. The minimum absolute atomic E-state index is 0.266. The maximum atomic E-state index is 12.1. The van der Waals surface area contributed by atoms with E-state index in [9.17, 15) is 4.79 Å². The summed E-state index contributed by atoms with van der Waals surface area (Å²) in [6.45, 7) is 10.2. The molecule has 24 heavy (non-hydrogen) atoms. The highest BCUT2D eigenvalue weighted by Crippen LogP contribution is 2.25. The van der Waals surface area contributed by atoms with Gasteiger partial charge in [-0.05, 0) is 52.8 Å². The van der Waals surface area contributed by atoms with Crippen molar-refractivity contribution < 1.29 is 14.3 Å². The molecule has 0 aliphatic rings. The van der Waals surface area contributed by atoms with Gasteiger partial charge in [0, 0.05) is 30.2 Å². The molecule has 1 aromatic rings. The lowest BCUT2D eigenvalue weighted by Crippen LogP contribution is -2.38. The summed E-state index contributed by atoms with van der Waals surface area (Å²) in [4.78, 5) is 13.8. The number of ether oxygens (including phenoxy) is 2. The van der Waals surface area contributed by atoms with E-state index < -0.39 is 5.60 Å². The maximum Gasteiger partial charge on any atom is 0.410 e. The molecular weight excluding hydrogens is 328 g/mol. The predicted molar refractivity (Wildman–Crippen MR) is 97.8 cm³/mol. The van der Waals surface area contributed by atoms with E-state index in [0.717, 1.165) is 24.3 Å². The summed E-state index contributed by atoms with van der Waals surface area (Å²) in [6.07, 6.45) is 0.567. The standard InChI is InChI=1S/C18H29ClN2O3/c1-6-21(17(22)24-18(2,3)4)12-8-11-20-13-14-15(19)9-7-10-16(14)23-5/h7,9-10,20H,6,8,11-13H2,1-5H3. The van der Waals surface area contributed by atoms with Gasteiger partial charge in [0.1, 0.15) is 11.4 Å². The first kappa shape index (κ1) is 20.6. The highest BCUT2D eigenvalue weighted by Gasteiger charge is 2.20. The number of hydrogen-bond acceptors (Lipinski definition) is 4. The molecule has 0 saturated carbocycles. The predicted octanol–water partition coefficient (Wildman–Crippen LogP) is 4.09. The molecule has 0 heterocycles. The molecule has 1 aromatic carbocycles. The third-order valence-electron chi connectivity index (χ3n) is 3.41. The number of hydrogen-bond donors (Lipinski definition) is 1. The van der Waals surface area contributed by atoms with Gasteiger partial charge in [-0.2, -0.15) is 0 Å². The van der Waals surface area contributed by atoms with E-state index in [2.05, 4.69) is 5.32 Å². The number of rotatable bonds is 8. The zero-order valence-corrected chi connectivity index (χ0v) is 16.1. The molecule has 0 aliphatic heterocycles. The molecule has 136 valence electrons. The van der Waals surface area contributed by atoms with Crippen LogP contribution in [-0.2, 0) is 11.3 Å². The number of methoxy groups -OCH3 is 1. The summed E-state index contributed by atoms with van der Waals surface area (Å²) in [5, 5.41) is 4.03. The van der Waals surface area contributed by atoms with Gasteiger partial charge in [-0.15, -0.1) is 0 Å². The number of carbonyl (C=O) groups excluding carboxylic acids is 1. The van der Waals surface area contributed by atoms with Crippen LogP contribution < -0.4 is 10.1 Å². The first-order valence-electron chi connectivity index (χ1n) is 8.28. The smallest absolute Gasteiger partial charge is 0.410 e. The van der Waals surface area contributed by atoms with Gasteiger partial charge in [-0.25, -0.2) is 4.79 Å². The molecule has 1 N–H and O–H groups in total. The van der Waals surface area contributed by atoms with Gasteiger partial charge in [-0.1, -0.05) is 17.7 Å². The van der Waals surface area contributed by atoms with Gasteiger partial charge in [0.2, 0.25) is 0 Å². The van der Waals surface area contributed by atoms with Crippen LogP contribution in [0.2, 0.25) is 5.02 Å². The van der Waals surface area contributed by atoms with Crippen LogP contribution in [0.1, 0.15) is 39.7 Å². The van der Waals surface area contributed by atoms with Gasteiger partial charge < -0.3 is 19.7 Å². The molecule has 0 fully saturated rings. The van der Waals surface area contributed by atoms with Crippen molar-refractivity contribution in [2.24, 2.45) is 0 Å². The van der Waals surface area contributed by atoms with Gasteiger partial charge in [0.05, 0.1) is 7.11 Å². The van der Waals surface area contributed by atoms with Crippen molar-refractivity contribution in [1.82, 2.24) is 10.2 Å². The summed E-state index contributed by atoms with van der Waals surface area (Å²) < 4.78 is 10.7. The van der Waals surface area contributed by atoms with Crippen LogP contribution in [0.4, 0.5) is 4.79 Å². The van der Waals surface area contributed by atoms with Crippen LogP contribution in [0.5, 0.6) is 5.75 Å². The molecule has 6 heteroatoms. The Balaban J connectivity index is 2.39. The maximum absolute atomic E-state index is 12.1. The lowest BCUT2D eigenvalue weighted by molar-refractivity contribution is 0.0258. The topological polar surface area (TPSA) is 50.8 Å². The quantitative estimate of drug-likeness (QED) is 0.713. The van der Waals surface area contributed by atoms with Crippen LogP contribution in [0, 0.1) is 0 Å². The third kappa shape index (κ3) is 6.97. The Morgan fingerprint density at radius 2 is 2.04 bits per heavy atom. The highest BCUT2D eigenvalue weighted by atomic mass is 35.5. The zero-order valence-electron chi connectivity index (χ0n) is 15.3. The second kappa shape index (κ2) is 9.74. The second-order valence-corrected chi connectivity index (χ2v) is 6.92. The van der Waals surface area contributed by atoms with Crippen LogP contribution in [-0.4, -0.2) is 43.3 Å². The number of nitrogens with one attached hydrogen (secondary N) is 1. The summed E-state index contributed by atoms with van der Waals surface area (Å²) in [6, 6.07) is 5.61. The van der Waals surface area contributed by atoms with E-state index >= 15 is 0 Å². The fraction of sp³-hybridized carbons (Fsp3) is 0.611. The SMILES string of the molecule is CCN(CCCNCc1c(Cl)cccc1OC)C(=O)OC(C)(C)C. The molecule has 0 atom stereocenters. The van der Waals surface area contributed by atoms with Gasteiger partial charge >= 0.3 is 6.09 Å². The van der Waals surface area contributed by atoms with E-state index in [0.29, 0.717) is 24.7 Å². The fourth-order valence-corrected chi connectivity index (χ4v) is 2.45. The third-order valence-corrected chi connectivity index (χ3v) is 3.77. The minimum atomic E-state index is -0.469. The monoisotopic (exact) mass is 356 g/mol. The van der Waals surface area contributed by atoms with Crippen molar-refractivity contribution in [2.45, 2.75) is 46.3 Å². The zero-order chi connectivity index (χ0) is 18.2. The number of nitrogens with zero attached hydrogens (tertiary/aromatic N) is 1. The van der Waals surface area contributed by atoms with E-state index in [1.807, 2.05) is 45.9 Å². The molecule has 5 nitrogen and oxygen atoms in total. The average Bonchev–Trinajstić information content (AvgIpc) is 2.50. The normalized spacial score (nSPS) is 11.2. The molecular formula is C18H29ClN2O3. The van der Waals surface area contributed by atoms with E-state index in [1.165, 1.54) is 0 Å².